The van der Waals surface area contributed by atoms with E-state index < -0.39 is 0 Å². The Hall–Kier alpha value is -3.55. The third-order valence-electron chi connectivity index (χ3n) is 5.87. The van der Waals surface area contributed by atoms with Crippen molar-refractivity contribution in [3.63, 3.8) is 0 Å². The fraction of sp³-hybridized carbons (Fsp3) is 0.240. The molecule has 0 aliphatic carbocycles. The molecule has 7 heteroatoms. The van der Waals surface area contributed by atoms with Crippen LogP contribution in [0, 0.1) is 0 Å². The highest BCUT2D eigenvalue weighted by Crippen LogP contribution is 2.37. The fourth-order valence-electron chi connectivity index (χ4n) is 4.07. The van der Waals surface area contributed by atoms with E-state index in [-0.39, 0.29) is 12.6 Å². The molecular formula is C25H27N5O2. The van der Waals surface area contributed by atoms with E-state index in [0.29, 0.717) is 19.9 Å². The number of anilines is 3. The average molecular weight is 430 g/mol. The SMILES string of the molecule is CC(CO)N1COCc2c1cn(Cc1ccc(-n3ccnc3)cc1)c2Nc1ccccc1. The van der Waals surface area contributed by atoms with Gasteiger partial charge in [-0.1, -0.05) is 30.3 Å². The lowest BCUT2D eigenvalue weighted by atomic mass is 10.2. The Balaban J connectivity index is 1.49. The predicted octanol–water partition coefficient (Wildman–Crippen LogP) is 4.14. The highest BCUT2D eigenvalue weighted by molar-refractivity contribution is 5.71. The summed E-state index contributed by atoms with van der Waals surface area (Å²) in [5, 5.41) is 13.3. The molecule has 1 unspecified atom stereocenters. The minimum absolute atomic E-state index is 0.0241. The summed E-state index contributed by atoms with van der Waals surface area (Å²) in [6.45, 7) is 3.81. The third kappa shape index (κ3) is 4.00. The lowest BCUT2D eigenvalue weighted by molar-refractivity contribution is 0.0994. The Morgan fingerprint density at radius 3 is 2.66 bits per heavy atom. The Morgan fingerprint density at radius 2 is 1.94 bits per heavy atom. The van der Waals surface area contributed by atoms with Gasteiger partial charge in [-0.25, -0.2) is 4.98 Å². The van der Waals surface area contributed by atoms with Crippen LogP contribution < -0.4 is 10.2 Å². The van der Waals surface area contributed by atoms with E-state index in [1.807, 2.05) is 35.9 Å². The summed E-state index contributed by atoms with van der Waals surface area (Å²) in [5.41, 5.74) is 5.51. The summed E-state index contributed by atoms with van der Waals surface area (Å²) >= 11 is 0. The van der Waals surface area contributed by atoms with E-state index in [2.05, 4.69) is 62.4 Å². The molecule has 32 heavy (non-hydrogen) atoms. The van der Waals surface area contributed by atoms with Crippen molar-refractivity contribution in [1.82, 2.24) is 14.1 Å². The molecule has 164 valence electrons. The third-order valence-corrected chi connectivity index (χ3v) is 5.87. The highest BCUT2D eigenvalue weighted by atomic mass is 16.5. The summed E-state index contributed by atoms with van der Waals surface area (Å²) in [5.74, 6) is 1.01. The first-order valence-electron chi connectivity index (χ1n) is 10.8. The van der Waals surface area contributed by atoms with Crippen LogP contribution in [0.2, 0.25) is 0 Å². The van der Waals surface area contributed by atoms with E-state index in [0.717, 1.165) is 28.4 Å². The zero-order chi connectivity index (χ0) is 21.9. The molecule has 3 heterocycles. The molecule has 0 amide bonds. The van der Waals surface area contributed by atoms with Gasteiger partial charge in [0.1, 0.15) is 12.5 Å². The number of aliphatic hydroxyl groups is 1. The minimum Gasteiger partial charge on any atom is -0.394 e. The largest absolute Gasteiger partial charge is 0.394 e. The van der Waals surface area contributed by atoms with Gasteiger partial charge in [-0.15, -0.1) is 0 Å². The second kappa shape index (κ2) is 8.90. The van der Waals surface area contributed by atoms with Crippen molar-refractivity contribution in [1.29, 1.82) is 0 Å². The number of nitrogens with zero attached hydrogens (tertiary/aromatic N) is 4. The van der Waals surface area contributed by atoms with Gasteiger partial charge >= 0.3 is 0 Å². The summed E-state index contributed by atoms with van der Waals surface area (Å²) in [7, 11) is 0. The Bertz CT molecular complexity index is 1150. The van der Waals surface area contributed by atoms with Crippen LogP contribution in [0.15, 0.2) is 79.5 Å². The summed E-state index contributed by atoms with van der Waals surface area (Å²) in [4.78, 5) is 6.24. The first kappa shape index (κ1) is 20.4. The maximum absolute atomic E-state index is 9.74. The van der Waals surface area contributed by atoms with Crippen LogP contribution in [0.5, 0.6) is 0 Å². The average Bonchev–Trinajstić information content (AvgIpc) is 3.49. The summed E-state index contributed by atoms with van der Waals surface area (Å²) < 4.78 is 10.1. The van der Waals surface area contributed by atoms with Crippen molar-refractivity contribution in [2.24, 2.45) is 0 Å². The predicted molar refractivity (Wildman–Crippen MR) is 126 cm³/mol. The molecule has 0 saturated heterocycles. The van der Waals surface area contributed by atoms with Crippen LogP contribution >= 0.6 is 0 Å². The van der Waals surface area contributed by atoms with Crippen molar-refractivity contribution in [2.45, 2.75) is 26.1 Å². The molecule has 0 radical (unpaired) electrons. The van der Waals surface area contributed by atoms with Crippen molar-refractivity contribution < 1.29 is 9.84 Å². The molecule has 0 bridgehead atoms. The van der Waals surface area contributed by atoms with Crippen molar-refractivity contribution in [3.8, 4) is 5.69 Å². The summed E-state index contributed by atoms with van der Waals surface area (Å²) in [6, 6.07) is 18.6. The van der Waals surface area contributed by atoms with Crippen molar-refractivity contribution in [3.05, 3.63) is 90.6 Å². The number of para-hydroxylation sites is 1. The molecule has 0 fully saturated rings. The van der Waals surface area contributed by atoms with Crippen molar-refractivity contribution >= 4 is 17.2 Å². The molecule has 7 nitrogen and oxygen atoms in total. The molecule has 2 aromatic heterocycles. The number of benzene rings is 2. The number of hydrogen-bond acceptors (Lipinski definition) is 5. The molecule has 1 atom stereocenters. The van der Waals surface area contributed by atoms with E-state index >= 15 is 0 Å². The number of aliphatic hydroxyl groups excluding tert-OH is 1. The smallest absolute Gasteiger partial charge is 0.119 e. The maximum atomic E-state index is 9.74. The lowest BCUT2D eigenvalue weighted by Crippen LogP contribution is -2.40. The zero-order valence-electron chi connectivity index (χ0n) is 18.1. The first-order valence-corrected chi connectivity index (χ1v) is 10.8. The Morgan fingerprint density at radius 1 is 1.12 bits per heavy atom. The van der Waals surface area contributed by atoms with Gasteiger partial charge < -0.3 is 29.2 Å². The first-order chi connectivity index (χ1) is 15.7. The monoisotopic (exact) mass is 429 g/mol. The van der Waals surface area contributed by atoms with Gasteiger partial charge in [0.25, 0.3) is 0 Å². The van der Waals surface area contributed by atoms with Gasteiger partial charge in [0, 0.05) is 42.1 Å². The van der Waals surface area contributed by atoms with Gasteiger partial charge in [0.2, 0.25) is 0 Å². The molecular weight excluding hydrogens is 402 g/mol. The molecule has 0 saturated carbocycles. The fourth-order valence-corrected chi connectivity index (χ4v) is 4.07. The number of aromatic nitrogens is 3. The standard InChI is InChI=1S/C25H27N5O2/c1-19(15-31)30-18-32-16-23-24(30)14-29(25(23)27-21-5-3-2-4-6-21)13-20-7-9-22(10-8-20)28-12-11-26-17-28/h2-12,14,17,19,27,31H,13,15-16,18H2,1H3. The normalized spacial score (nSPS) is 14.2. The van der Waals surface area contributed by atoms with Gasteiger partial charge in [-0.2, -0.15) is 0 Å². The number of ether oxygens (including phenoxy) is 1. The molecule has 1 aliphatic rings. The number of hydrogen-bond donors (Lipinski definition) is 2. The Kier molecular flexibility index (Phi) is 5.66. The number of rotatable bonds is 7. The molecule has 1 aliphatic heterocycles. The van der Waals surface area contributed by atoms with Crippen LogP contribution in [-0.2, 0) is 17.9 Å². The van der Waals surface area contributed by atoms with Crippen LogP contribution in [0.3, 0.4) is 0 Å². The van der Waals surface area contributed by atoms with E-state index in [1.54, 1.807) is 12.5 Å². The van der Waals surface area contributed by atoms with E-state index in [4.69, 9.17) is 4.74 Å². The van der Waals surface area contributed by atoms with Crippen LogP contribution in [0.4, 0.5) is 17.2 Å². The van der Waals surface area contributed by atoms with Gasteiger partial charge in [0.15, 0.2) is 0 Å². The Labute approximate surface area is 187 Å². The topological polar surface area (TPSA) is 67.5 Å². The molecule has 2 aromatic carbocycles. The minimum atomic E-state index is -0.0241. The number of imidazole rings is 1. The van der Waals surface area contributed by atoms with Crippen LogP contribution in [0.1, 0.15) is 18.1 Å². The number of fused-ring (bicyclic) bond motifs is 1. The van der Waals surface area contributed by atoms with E-state index in [9.17, 15) is 5.11 Å². The molecule has 5 rings (SSSR count). The lowest BCUT2D eigenvalue weighted by Gasteiger charge is -2.33. The molecule has 0 spiro atoms. The van der Waals surface area contributed by atoms with Crippen LogP contribution in [0.25, 0.3) is 5.69 Å². The van der Waals surface area contributed by atoms with Crippen molar-refractivity contribution in [2.75, 3.05) is 23.6 Å². The molecule has 2 N–H and O–H groups in total. The second-order valence-electron chi connectivity index (χ2n) is 8.08. The summed E-state index contributed by atoms with van der Waals surface area (Å²) in [6.07, 6.45) is 7.68. The van der Waals surface area contributed by atoms with Crippen LogP contribution in [-0.4, -0.2) is 38.6 Å². The second-order valence-corrected chi connectivity index (χ2v) is 8.08. The highest BCUT2D eigenvalue weighted by Gasteiger charge is 2.27. The maximum Gasteiger partial charge on any atom is 0.119 e. The van der Waals surface area contributed by atoms with E-state index in [1.165, 1.54) is 5.56 Å². The van der Waals surface area contributed by atoms with Gasteiger partial charge in [0.05, 0.1) is 31.3 Å². The zero-order valence-corrected chi connectivity index (χ0v) is 18.1. The molecule has 4 aromatic rings. The van der Waals surface area contributed by atoms with Gasteiger partial charge in [-0.05, 0) is 36.8 Å². The van der Waals surface area contributed by atoms with Gasteiger partial charge in [-0.3, -0.25) is 0 Å². The quantitative estimate of drug-likeness (QED) is 0.462. The number of nitrogens with one attached hydrogen (secondary N) is 1.